The van der Waals surface area contributed by atoms with Gasteiger partial charge in [0, 0.05) is 25.2 Å². The first-order valence-corrected chi connectivity index (χ1v) is 6.76. The van der Waals surface area contributed by atoms with E-state index in [2.05, 4.69) is 28.9 Å². The standard InChI is InChI=1S/C14H22N2O/c1-11-8-15-7-3-4-13(15)9-16(11)10-14-6-5-12(2)17-14/h5-6,11,13H,3-4,7-10H2,1-2H3/t11-,13+/m0/s1. The first-order valence-electron chi connectivity index (χ1n) is 6.76. The smallest absolute Gasteiger partial charge is 0.118 e. The van der Waals surface area contributed by atoms with E-state index in [1.807, 2.05) is 6.92 Å². The van der Waals surface area contributed by atoms with Gasteiger partial charge in [-0.1, -0.05) is 0 Å². The van der Waals surface area contributed by atoms with E-state index >= 15 is 0 Å². The Balaban J connectivity index is 1.66. The van der Waals surface area contributed by atoms with Crippen molar-refractivity contribution >= 4 is 0 Å². The number of furan rings is 1. The Morgan fingerprint density at radius 1 is 1.35 bits per heavy atom. The first kappa shape index (κ1) is 11.3. The number of rotatable bonds is 2. The molecule has 0 amide bonds. The highest BCUT2D eigenvalue weighted by Crippen LogP contribution is 2.25. The third kappa shape index (κ3) is 2.26. The summed E-state index contributed by atoms with van der Waals surface area (Å²) in [6, 6.07) is 5.62. The predicted molar refractivity (Wildman–Crippen MR) is 67.9 cm³/mol. The van der Waals surface area contributed by atoms with E-state index in [1.165, 1.54) is 32.5 Å². The Morgan fingerprint density at radius 2 is 2.24 bits per heavy atom. The number of hydrogen-bond acceptors (Lipinski definition) is 3. The molecule has 2 saturated heterocycles. The highest BCUT2D eigenvalue weighted by Gasteiger charge is 2.34. The molecular weight excluding hydrogens is 212 g/mol. The molecule has 3 nitrogen and oxygen atoms in total. The minimum Gasteiger partial charge on any atom is -0.465 e. The molecule has 0 saturated carbocycles. The summed E-state index contributed by atoms with van der Waals surface area (Å²) >= 11 is 0. The third-order valence-corrected chi connectivity index (χ3v) is 4.22. The summed E-state index contributed by atoms with van der Waals surface area (Å²) < 4.78 is 5.69. The van der Waals surface area contributed by atoms with Crippen molar-refractivity contribution in [1.82, 2.24) is 9.80 Å². The van der Waals surface area contributed by atoms with Crippen LogP contribution in [0.15, 0.2) is 16.5 Å². The van der Waals surface area contributed by atoms with Crippen LogP contribution in [0, 0.1) is 6.92 Å². The van der Waals surface area contributed by atoms with Crippen LogP contribution in [0.4, 0.5) is 0 Å². The molecule has 17 heavy (non-hydrogen) atoms. The van der Waals surface area contributed by atoms with Crippen LogP contribution in [0.3, 0.4) is 0 Å². The predicted octanol–water partition coefficient (Wildman–Crippen LogP) is 2.26. The highest BCUT2D eigenvalue weighted by molar-refractivity contribution is 5.06. The molecule has 0 radical (unpaired) electrons. The van der Waals surface area contributed by atoms with Crippen LogP contribution >= 0.6 is 0 Å². The quantitative estimate of drug-likeness (QED) is 0.782. The van der Waals surface area contributed by atoms with Crippen molar-refractivity contribution in [2.24, 2.45) is 0 Å². The maximum atomic E-state index is 5.69. The number of fused-ring (bicyclic) bond motifs is 1. The van der Waals surface area contributed by atoms with Crippen LogP contribution in [0.2, 0.25) is 0 Å². The van der Waals surface area contributed by atoms with E-state index in [9.17, 15) is 0 Å². The van der Waals surface area contributed by atoms with Gasteiger partial charge in [0.05, 0.1) is 6.54 Å². The molecule has 2 aliphatic heterocycles. The van der Waals surface area contributed by atoms with Crippen molar-refractivity contribution in [3.05, 3.63) is 23.7 Å². The average Bonchev–Trinajstić information content (AvgIpc) is 2.88. The summed E-state index contributed by atoms with van der Waals surface area (Å²) in [7, 11) is 0. The second-order valence-corrected chi connectivity index (χ2v) is 5.58. The van der Waals surface area contributed by atoms with Crippen molar-refractivity contribution in [1.29, 1.82) is 0 Å². The first-order chi connectivity index (χ1) is 8.22. The van der Waals surface area contributed by atoms with Gasteiger partial charge in [-0.2, -0.15) is 0 Å². The van der Waals surface area contributed by atoms with Gasteiger partial charge in [0.15, 0.2) is 0 Å². The molecule has 94 valence electrons. The van der Waals surface area contributed by atoms with Crippen molar-refractivity contribution < 1.29 is 4.42 Å². The summed E-state index contributed by atoms with van der Waals surface area (Å²) in [5.74, 6) is 2.13. The maximum absolute atomic E-state index is 5.69. The van der Waals surface area contributed by atoms with Crippen molar-refractivity contribution in [3.8, 4) is 0 Å². The normalized spacial score (nSPS) is 30.7. The van der Waals surface area contributed by atoms with Crippen molar-refractivity contribution in [3.63, 3.8) is 0 Å². The lowest BCUT2D eigenvalue weighted by Gasteiger charge is -2.41. The summed E-state index contributed by atoms with van der Waals surface area (Å²) in [6.45, 7) is 9.07. The fraction of sp³-hybridized carbons (Fsp3) is 0.714. The monoisotopic (exact) mass is 234 g/mol. The fourth-order valence-corrected chi connectivity index (χ4v) is 3.24. The van der Waals surface area contributed by atoms with Gasteiger partial charge in [-0.15, -0.1) is 0 Å². The molecule has 3 heteroatoms. The minimum atomic E-state index is 0.648. The molecule has 0 N–H and O–H groups in total. The number of piperazine rings is 1. The lowest BCUT2D eigenvalue weighted by molar-refractivity contribution is 0.0492. The molecule has 3 heterocycles. The summed E-state index contributed by atoms with van der Waals surface area (Å²) in [6.07, 6.45) is 2.76. The molecule has 2 aliphatic rings. The van der Waals surface area contributed by atoms with E-state index in [0.29, 0.717) is 6.04 Å². The van der Waals surface area contributed by atoms with Crippen LogP contribution in [-0.2, 0) is 6.54 Å². The molecule has 1 aromatic rings. The molecule has 0 aromatic carbocycles. The molecule has 2 atom stereocenters. The largest absolute Gasteiger partial charge is 0.465 e. The zero-order valence-electron chi connectivity index (χ0n) is 10.9. The molecule has 0 bridgehead atoms. The van der Waals surface area contributed by atoms with E-state index in [-0.39, 0.29) is 0 Å². The van der Waals surface area contributed by atoms with E-state index in [4.69, 9.17) is 4.42 Å². The van der Waals surface area contributed by atoms with Gasteiger partial charge >= 0.3 is 0 Å². The molecule has 0 aliphatic carbocycles. The minimum absolute atomic E-state index is 0.648. The Morgan fingerprint density at radius 3 is 3.00 bits per heavy atom. The van der Waals surface area contributed by atoms with Crippen LogP contribution < -0.4 is 0 Å². The van der Waals surface area contributed by atoms with Gasteiger partial charge in [0.2, 0.25) is 0 Å². The van der Waals surface area contributed by atoms with E-state index in [0.717, 1.165) is 24.1 Å². The summed E-state index contributed by atoms with van der Waals surface area (Å²) in [5, 5.41) is 0. The third-order valence-electron chi connectivity index (χ3n) is 4.22. The molecular formula is C14H22N2O. The zero-order chi connectivity index (χ0) is 11.8. The van der Waals surface area contributed by atoms with Crippen LogP contribution in [0.25, 0.3) is 0 Å². The van der Waals surface area contributed by atoms with Gasteiger partial charge < -0.3 is 4.42 Å². The van der Waals surface area contributed by atoms with Gasteiger partial charge in [0.25, 0.3) is 0 Å². The lowest BCUT2D eigenvalue weighted by atomic mass is 10.1. The Kier molecular flexibility index (Phi) is 2.97. The summed E-state index contributed by atoms with van der Waals surface area (Å²) in [5.41, 5.74) is 0. The lowest BCUT2D eigenvalue weighted by Crippen LogP contribution is -2.54. The average molecular weight is 234 g/mol. The van der Waals surface area contributed by atoms with Crippen LogP contribution in [-0.4, -0.2) is 41.5 Å². The van der Waals surface area contributed by atoms with Gasteiger partial charge in [-0.05, 0) is 45.4 Å². The van der Waals surface area contributed by atoms with Crippen molar-refractivity contribution in [2.75, 3.05) is 19.6 Å². The maximum Gasteiger partial charge on any atom is 0.118 e. The Bertz CT molecular complexity index is 387. The van der Waals surface area contributed by atoms with Gasteiger partial charge in [-0.3, -0.25) is 9.80 Å². The SMILES string of the molecule is Cc1ccc(CN2C[C@H]3CCCN3C[C@@H]2C)o1. The van der Waals surface area contributed by atoms with Crippen LogP contribution in [0.1, 0.15) is 31.3 Å². The van der Waals surface area contributed by atoms with Crippen molar-refractivity contribution in [2.45, 2.75) is 45.3 Å². The molecule has 2 fully saturated rings. The second-order valence-electron chi connectivity index (χ2n) is 5.58. The molecule has 3 rings (SSSR count). The fourth-order valence-electron chi connectivity index (χ4n) is 3.24. The van der Waals surface area contributed by atoms with E-state index in [1.54, 1.807) is 0 Å². The van der Waals surface area contributed by atoms with E-state index < -0.39 is 0 Å². The number of nitrogens with zero attached hydrogens (tertiary/aromatic N) is 2. The second kappa shape index (κ2) is 4.46. The number of hydrogen-bond donors (Lipinski definition) is 0. The highest BCUT2D eigenvalue weighted by atomic mass is 16.3. The van der Waals surface area contributed by atoms with Crippen LogP contribution in [0.5, 0.6) is 0 Å². The topological polar surface area (TPSA) is 19.6 Å². The molecule has 0 spiro atoms. The van der Waals surface area contributed by atoms with Gasteiger partial charge in [0.1, 0.15) is 11.5 Å². The molecule has 1 aromatic heterocycles. The number of aryl methyl sites for hydroxylation is 1. The Labute approximate surface area is 103 Å². The summed E-state index contributed by atoms with van der Waals surface area (Å²) in [4.78, 5) is 5.24. The van der Waals surface area contributed by atoms with Gasteiger partial charge in [-0.25, -0.2) is 0 Å². The Hall–Kier alpha value is -0.800. The molecule has 0 unspecified atom stereocenters. The zero-order valence-corrected chi connectivity index (χ0v) is 10.9.